The second kappa shape index (κ2) is 19.7. The van der Waals surface area contributed by atoms with Crippen LogP contribution in [0.5, 0.6) is 0 Å². The van der Waals surface area contributed by atoms with Crippen molar-refractivity contribution < 1.29 is 0 Å². The maximum Gasteiger partial charge on any atom is 0.179 e. The third kappa shape index (κ3) is 8.43. The number of hydrogen-bond acceptors (Lipinski definition) is 3. The van der Waals surface area contributed by atoms with Crippen LogP contribution in [0.1, 0.15) is 11.1 Å². The van der Waals surface area contributed by atoms with Crippen LogP contribution in [0.15, 0.2) is 279 Å². The number of nitrogens with zero attached hydrogens (tertiary/aromatic N) is 4. The molecule has 4 nitrogen and oxygen atoms in total. The van der Waals surface area contributed by atoms with Gasteiger partial charge in [0.15, 0.2) is 25.5 Å². The summed E-state index contributed by atoms with van der Waals surface area (Å²) >= 11 is 0. The molecule has 13 rings (SSSR count). The van der Waals surface area contributed by atoms with E-state index >= 15 is 0 Å². The van der Waals surface area contributed by atoms with Crippen LogP contribution in [0.2, 0.25) is 0 Å². The van der Waals surface area contributed by atoms with Gasteiger partial charge in [-0.15, -0.1) is 0 Å². The first-order valence-corrected chi connectivity index (χ1v) is 28.0. The van der Waals surface area contributed by atoms with Gasteiger partial charge in [-0.1, -0.05) is 254 Å². The Kier molecular flexibility index (Phi) is 12.0. The van der Waals surface area contributed by atoms with E-state index in [-0.39, 0.29) is 0 Å². The molecule has 0 spiro atoms. The van der Waals surface area contributed by atoms with Crippen LogP contribution in [0, 0.1) is 13.8 Å². The zero-order valence-electron chi connectivity index (χ0n) is 42.3. The molecule has 0 atom stereocenters. The lowest BCUT2D eigenvalue weighted by Gasteiger charge is -2.34. The van der Waals surface area contributed by atoms with E-state index in [0.717, 1.165) is 44.5 Å². The zero-order chi connectivity index (χ0) is 51.0. The molecule has 5 heteroatoms. The van der Waals surface area contributed by atoms with E-state index in [0.29, 0.717) is 17.5 Å². The Morgan fingerprint density at radius 2 is 0.632 bits per heavy atom. The highest BCUT2D eigenvalue weighted by Crippen LogP contribution is 2.41. The maximum atomic E-state index is 5.43. The largest absolute Gasteiger partial charge is 0.308 e. The van der Waals surface area contributed by atoms with Crippen molar-refractivity contribution in [2.45, 2.75) is 13.8 Å². The number of rotatable bonds is 11. The van der Waals surface area contributed by atoms with Gasteiger partial charge in [0.25, 0.3) is 0 Å². The fraction of sp³-hybridized carbons (Fsp3) is 0.0282. The van der Waals surface area contributed by atoms with Crippen LogP contribution in [-0.2, 0) is 0 Å². The molecule has 360 valence electrons. The van der Waals surface area contributed by atoms with Crippen molar-refractivity contribution in [3.8, 4) is 73.2 Å². The van der Waals surface area contributed by atoms with Gasteiger partial charge in [0, 0.05) is 27.5 Å². The molecule has 13 aromatic rings. The predicted octanol–water partition coefficient (Wildman–Crippen LogP) is 15.0. The molecule has 0 aliphatic heterocycles. The summed E-state index contributed by atoms with van der Waals surface area (Å²) < 4.78 is 2.42. The number of hydrogen-bond donors (Lipinski definition) is 0. The molecule has 0 N–H and O–H groups in total. The Bertz CT molecular complexity index is 3940. The second-order valence-electron chi connectivity index (χ2n) is 19.7. The smallest absolute Gasteiger partial charge is 0.179 e. The summed E-state index contributed by atoms with van der Waals surface area (Å²) in [7, 11) is -2.85. The Hall–Kier alpha value is -9.55. The summed E-state index contributed by atoms with van der Waals surface area (Å²) in [6.45, 7) is 4.28. The number of benzene rings is 11. The lowest BCUT2D eigenvalue weighted by Crippen LogP contribution is -2.74. The Morgan fingerprint density at radius 1 is 0.276 bits per heavy atom. The minimum absolute atomic E-state index is 0.588. The van der Waals surface area contributed by atoms with Crippen molar-refractivity contribution in [2.24, 2.45) is 0 Å². The lowest BCUT2D eigenvalue weighted by atomic mass is 9.99. The highest BCUT2D eigenvalue weighted by molar-refractivity contribution is 7.19. The van der Waals surface area contributed by atoms with E-state index in [1.807, 2.05) is 36.4 Å². The van der Waals surface area contributed by atoms with Crippen LogP contribution >= 0.6 is 0 Å². The summed E-state index contributed by atoms with van der Waals surface area (Å²) in [6, 6.07) is 102. The first-order chi connectivity index (χ1) is 37.5. The number of aromatic nitrogens is 4. The minimum atomic E-state index is -2.85. The van der Waals surface area contributed by atoms with E-state index in [4.69, 9.17) is 15.0 Å². The summed E-state index contributed by atoms with van der Waals surface area (Å²) in [5.41, 5.74) is 15.2. The zero-order valence-corrected chi connectivity index (χ0v) is 43.3. The van der Waals surface area contributed by atoms with Crippen LogP contribution < -0.4 is 20.7 Å². The van der Waals surface area contributed by atoms with E-state index < -0.39 is 8.07 Å². The van der Waals surface area contributed by atoms with Gasteiger partial charge in [-0.2, -0.15) is 0 Å². The van der Waals surface area contributed by atoms with Gasteiger partial charge in [-0.05, 0) is 104 Å². The molecule has 11 aromatic carbocycles. The number of fused-ring (bicyclic) bond motifs is 3. The van der Waals surface area contributed by atoms with Gasteiger partial charge in [-0.3, -0.25) is 0 Å². The molecule has 76 heavy (non-hydrogen) atoms. The first-order valence-electron chi connectivity index (χ1n) is 26.0. The van der Waals surface area contributed by atoms with Crippen molar-refractivity contribution in [2.75, 3.05) is 0 Å². The normalized spacial score (nSPS) is 11.6. The lowest BCUT2D eigenvalue weighted by molar-refractivity contribution is 1.06. The molecule has 0 saturated carbocycles. The van der Waals surface area contributed by atoms with E-state index in [9.17, 15) is 0 Å². The van der Waals surface area contributed by atoms with Gasteiger partial charge >= 0.3 is 0 Å². The third-order valence-corrected chi connectivity index (χ3v) is 19.7. The highest BCUT2D eigenvalue weighted by atomic mass is 28.3. The van der Waals surface area contributed by atoms with Gasteiger partial charge in [-0.25, -0.2) is 15.0 Å². The van der Waals surface area contributed by atoms with Gasteiger partial charge < -0.3 is 4.57 Å². The molecule has 2 heterocycles. The molecule has 0 radical (unpaired) electrons. The van der Waals surface area contributed by atoms with Crippen molar-refractivity contribution in [3.05, 3.63) is 290 Å². The van der Waals surface area contributed by atoms with Crippen molar-refractivity contribution in [1.29, 1.82) is 0 Å². The van der Waals surface area contributed by atoms with Crippen LogP contribution in [0.25, 0.3) is 95.0 Å². The predicted molar refractivity (Wildman–Crippen MR) is 320 cm³/mol. The molecule has 0 aliphatic rings. The van der Waals surface area contributed by atoms with E-state index in [1.165, 1.54) is 64.9 Å². The Labute approximate surface area is 445 Å². The maximum absolute atomic E-state index is 5.43. The summed E-state index contributed by atoms with van der Waals surface area (Å²) in [6.07, 6.45) is 0. The van der Waals surface area contributed by atoms with Crippen LogP contribution in [-0.4, -0.2) is 27.6 Å². The molecule has 0 fully saturated rings. The molecule has 0 unspecified atom stereocenters. The topological polar surface area (TPSA) is 43.6 Å². The summed E-state index contributed by atoms with van der Waals surface area (Å²) in [5, 5.41) is 7.62. The van der Waals surface area contributed by atoms with Crippen LogP contribution in [0.3, 0.4) is 0 Å². The first kappa shape index (κ1) is 46.2. The van der Waals surface area contributed by atoms with Gasteiger partial charge in [0.1, 0.15) is 0 Å². The molecule has 0 saturated heterocycles. The number of aryl methyl sites for hydroxylation is 2. The molecular formula is C71H52N4Si. The van der Waals surface area contributed by atoms with Gasteiger partial charge in [0.05, 0.1) is 16.7 Å². The monoisotopic (exact) mass is 988 g/mol. The van der Waals surface area contributed by atoms with Crippen molar-refractivity contribution >= 4 is 50.6 Å². The average Bonchev–Trinajstić information content (AvgIpc) is 3.95. The summed E-state index contributed by atoms with van der Waals surface area (Å²) in [4.78, 5) is 16.0. The third-order valence-electron chi connectivity index (χ3n) is 15.0. The van der Waals surface area contributed by atoms with Gasteiger partial charge in [0.2, 0.25) is 0 Å². The Morgan fingerprint density at radius 3 is 1.09 bits per heavy atom. The quantitative estimate of drug-likeness (QED) is 0.0958. The van der Waals surface area contributed by atoms with E-state index in [2.05, 4.69) is 261 Å². The van der Waals surface area contributed by atoms with Crippen molar-refractivity contribution in [3.63, 3.8) is 0 Å². The fourth-order valence-electron chi connectivity index (χ4n) is 11.1. The standard InChI is InChI=1S/C71H52N4Si/c1-49-31-35-51(36-32-49)56-39-42-66-63(46-56)64-47-57(52-37-33-50(2)34-38-52)40-43-67(64)75(66)68-44-41-58(48-65(68)71-73-69(53-19-8-3-9-20-53)72-70(74-71)54-21-10-4-11-22-54)55-23-18-30-62(45-55)76(59-24-12-5-13-25-59,60-26-14-6-15-27-60)61-28-16-7-17-29-61/h3-48H,1-2H3. The molecule has 2 aromatic heterocycles. The average molecular weight is 989 g/mol. The van der Waals surface area contributed by atoms with E-state index in [1.54, 1.807) is 0 Å². The van der Waals surface area contributed by atoms with Crippen LogP contribution in [0.4, 0.5) is 0 Å². The van der Waals surface area contributed by atoms with Crippen molar-refractivity contribution in [1.82, 2.24) is 19.5 Å². The molecule has 0 amide bonds. The summed E-state index contributed by atoms with van der Waals surface area (Å²) in [5.74, 6) is 1.81. The second-order valence-corrected chi connectivity index (χ2v) is 23.5. The molecular weight excluding hydrogens is 937 g/mol. The fourth-order valence-corrected chi connectivity index (χ4v) is 15.9. The Balaban J connectivity index is 1.08. The minimum Gasteiger partial charge on any atom is -0.308 e. The molecule has 0 bridgehead atoms. The highest BCUT2D eigenvalue weighted by Gasteiger charge is 2.41. The molecule has 0 aliphatic carbocycles. The SMILES string of the molecule is Cc1ccc(-c2ccc3c(c2)c2cc(-c4ccc(C)cc4)ccc2n3-c2ccc(-c3cccc([Si](c4ccccc4)(c4ccccc4)c4ccccc4)c3)cc2-c2nc(-c3ccccc3)nc(-c3ccccc3)n2)cc1.